The summed E-state index contributed by atoms with van der Waals surface area (Å²) in [4.78, 5) is 140. The van der Waals surface area contributed by atoms with Crippen LogP contribution in [-0.4, -0.2) is 158 Å². The van der Waals surface area contributed by atoms with Crippen LogP contribution in [0.4, 0.5) is 0 Å². The summed E-state index contributed by atoms with van der Waals surface area (Å²) in [6.45, 7) is 0.916. The molecule has 1 aromatic heterocycles. The number of carbonyl (C=O) groups excluding carboxylic acids is 9. The largest absolute Gasteiger partial charge is 0.496 e. The average Bonchev–Trinajstić information content (AvgIpc) is 1.87. The maximum Gasteiger partial charge on any atom is 0.341 e. The number of para-hydroxylation sites is 1. The van der Waals surface area contributed by atoms with E-state index >= 15 is 0 Å². The number of benzene rings is 5. The van der Waals surface area contributed by atoms with Gasteiger partial charge >= 0.3 is 5.97 Å². The van der Waals surface area contributed by atoms with E-state index in [1.165, 1.54) is 82.9 Å². The molecule has 6 aromatic rings. The van der Waals surface area contributed by atoms with Crippen LogP contribution in [0.3, 0.4) is 0 Å². The van der Waals surface area contributed by atoms with Crippen molar-refractivity contribution in [3.05, 3.63) is 153 Å². The summed E-state index contributed by atoms with van der Waals surface area (Å²) in [6.07, 6.45) is 1.35. The number of rotatable bonds is 40. The lowest BCUT2D eigenvalue weighted by atomic mass is 9.96. The van der Waals surface area contributed by atoms with E-state index in [0.29, 0.717) is 16.7 Å². The number of carboxylic acids is 1. The molecule has 520 valence electrons. The summed E-state index contributed by atoms with van der Waals surface area (Å²) in [7, 11) is 4.01. The Hall–Kier alpha value is -11.9. The number of amides is 5. The van der Waals surface area contributed by atoms with Crippen LogP contribution in [0.25, 0.3) is 10.9 Å². The van der Waals surface area contributed by atoms with E-state index in [9.17, 15) is 53.1 Å². The van der Waals surface area contributed by atoms with Crippen LogP contribution in [0.5, 0.6) is 23.0 Å². The Morgan fingerprint density at radius 1 is 0.480 bits per heavy atom. The Morgan fingerprint density at radius 3 is 1.17 bits per heavy atom. The summed E-state index contributed by atoms with van der Waals surface area (Å²) in [5.41, 5.74) is 24.9. The van der Waals surface area contributed by atoms with Gasteiger partial charge in [0, 0.05) is 68.8 Å². The zero-order valence-electron chi connectivity index (χ0n) is 54.7. The van der Waals surface area contributed by atoms with Gasteiger partial charge in [-0.15, -0.1) is 0 Å². The number of ketones is 4. The molecule has 0 fully saturated rings. The number of carbonyl (C=O) groups is 10. The molecule has 0 saturated heterocycles. The lowest BCUT2D eigenvalue weighted by molar-refractivity contribution is -0.139. The molecule has 0 aliphatic rings. The molecule has 0 aliphatic heterocycles. The molecule has 5 amide bonds. The van der Waals surface area contributed by atoms with Gasteiger partial charge in [0.15, 0.2) is 41.8 Å². The Bertz CT molecular complexity index is 3960. The number of hydrogen-bond acceptors (Lipinski definition) is 17. The lowest BCUT2D eigenvalue weighted by Crippen LogP contribution is -2.46. The third-order valence-corrected chi connectivity index (χ3v) is 15.5. The topological polar surface area (TPSA) is 503 Å². The predicted molar refractivity (Wildman–Crippen MR) is 363 cm³/mol. The summed E-state index contributed by atoms with van der Waals surface area (Å²) in [5.74, 6) is -7.97. The van der Waals surface area contributed by atoms with Crippen molar-refractivity contribution in [3.63, 3.8) is 0 Å². The predicted octanol–water partition coefficient (Wildman–Crippen LogP) is 2.14. The number of methoxy groups -OCH3 is 3. The third-order valence-electron chi connectivity index (χ3n) is 15.5. The van der Waals surface area contributed by atoms with Crippen molar-refractivity contribution >= 4 is 87.4 Å². The summed E-state index contributed by atoms with van der Waals surface area (Å²) >= 11 is 0. The number of Topliss-reactive ketones (excluding diaryl/α,β-unsaturated/α-hetero) is 4. The summed E-state index contributed by atoms with van der Waals surface area (Å²) in [6, 6.07) is 20.0. The summed E-state index contributed by atoms with van der Waals surface area (Å²) in [5, 5.41) is 52.3. The van der Waals surface area contributed by atoms with Crippen molar-refractivity contribution in [1.82, 2.24) is 42.2 Å². The minimum atomic E-state index is -1.39. The number of primary amides is 1. The number of H-pyrrole nitrogens is 1. The highest BCUT2D eigenvalue weighted by molar-refractivity contribution is 6.04. The second kappa shape index (κ2) is 36.7. The van der Waals surface area contributed by atoms with E-state index < -0.39 is 90.1 Å². The van der Waals surface area contributed by atoms with Crippen molar-refractivity contribution in [2.45, 2.75) is 102 Å². The van der Waals surface area contributed by atoms with Gasteiger partial charge in [-0.1, -0.05) is 42.5 Å². The number of nitrogens with one attached hydrogen (secondary N) is 11. The van der Waals surface area contributed by atoms with Crippen molar-refractivity contribution in [1.29, 1.82) is 16.2 Å². The highest BCUT2D eigenvalue weighted by Gasteiger charge is 2.30. The second-order valence-corrected chi connectivity index (χ2v) is 22.9. The first kappa shape index (κ1) is 75.2. The van der Waals surface area contributed by atoms with Gasteiger partial charge in [0.25, 0.3) is 23.6 Å². The maximum atomic E-state index is 14.6. The van der Waals surface area contributed by atoms with Gasteiger partial charge < -0.3 is 89.2 Å². The standard InChI is InChI=1S/C68H83N15O15/c1-37(84)26-38-15-19-56(95-2)44(27-38)62(91)80-49(12-7-23-76-66(70)71)53(85)31-39-16-20-57(96-3)45(28-39)63(92)81-50(13-8-24-77-67(72)73)55(87)33-41-18-22-59(98-36-60(88)89)47(30-41)65(94)82-51(14-9-25-78-68(74)75)54(86)32-40-17-21-58(97-4)46(29-40)64(93)83-52(61(69)90)34-42-35-79-48-11-6-5-10-43(42)48/h5-6,10-11,15-22,27-30,35,49-52,79H,7-9,12-14,23-26,31-34,36H2,1-4H3,(H2,69,90)(H,80,91)(H,81,92)(H,82,94)(H,83,93)(H,88,89)(H4,70,71,76)(H4,72,73,77)(H4,74,75,78)/t49-,50-,51-,52-/m0/s1. The highest BCUT2D eigenvalue weighted by atomic mass is 16.5. The lowest BCUT2D eigenvalue weighted by Gasteiger charge is -2.21. The van der Waals surface area contributed by atoms with E-state index in [4.69, 9.17) is 58.1 Å². The SMILES string of the molecule is COc1ccc(CC(=O)[C@H](CCCNC(=N)N)NC(=O)c2cc(CC(=O)[C@H](CCCNC(=N)N)NC(=O)c3cc(CC(=O)[C@H](CCCNC(=N)N)NC(=O)c4cc(CC(C)=O)ccc4OC)ccc3OC)ccc2OCC(=O)O)cc1C(=O)N[C@@H](Cc1c[nH]c2ccccc12)C(N)=O. The zero-order valence-corrected chi connectivity index (χ0v) is 54.7. The number of aromatic amines is 1. The van der Waals surface area contributed by atoms with Crippen molar-refractivity contribution in [2.75, 3.05) is 47.6 Å². The number of hydrogen-bond donors (Lipinski definition) is 16. The first-order chi connectivity index (χ1) is 46.8. The molecule has 0 aliphatic carbocycles. The number of aromatic nitrogens is 1. The van der Waals surface area contributed by atoms with E-state index in [0.717, 1.165) is 16.5 Å². The van der Waals surface area contributed by atoms with Crippen LogP contribution >= 0.6 is 0 Å². The second-order valence-electron chi connectivity index (χ2n) is 22.9. The van der Waals surface area contributed by atoms with E-state index in [2.05, 4.69) is 42.2 Å². The minimum absolute atomic E-state index is 0.0247. The molecule has 5 aromatic carbocycles. The zero-order chi connectivity index (χ0) is 71.6. The third kappa shape index (κ3) is 22.7. The van der Waals surface area contributed by atoms with Gasteiger partial charge in [-0.05, 0) is 128 Å². The van der Waals surface area contributed by atoms with Crippen molar-refractivity contribution in [3.8, 4) is 23.0 Å². The van der Waals surface area contributed by atoms with Gasteiger partial charge in [-0.3, -0.25) is 59.4 Å². The number of nitrogens with two attached hydrogens (primary N) is 4. The smallest absolute Gasteiger partial charge is 0.341 e. The van der Waals surface area contributed by atoms with Crippen LogP contribution in [0, 0.1) is 16.2 Å². The minimum Gasteiger partial charge on any atom is -0.496 e. The Balaban J connectivity index is 1.24. The molecule has 30 heteroatoms. The molecular formula is C68H83N15O15. The highest BCUT2D eigenvalue weighted by Crippen LogP contribution is 2.27. The van der Waals surface area contributed by atoms with Gasteiger partial charge in [0.2, 0.25) is 5.91 Å². The quantitative estimate of drug-likeness (QED) is 0.0149. The molecule has 1 heterocycles. The maximum absolute atomic E-state index is 14.6. The molecule has 30 nitrogen and oxygen atoms in total. The fourth-order valence-electron chi connectivity index (χ4n) is 10.7. The fourth-order valence-corrected chi connectivity index (χ4v) is 10.7. The molecule has 98 heavy (non-hydrogen) atoms. The number of aliphatic carboxylic acids is 1. The van der Waals surface area contributed by atoms with Crippen LogP contribution in [-0.2, 0) is 60.9 Å². The summed E-state index contributed by atoms with van der Waals surface area (Å²) < 4.78 is 22.1. The van der Waals surface area contributed by atoms with Crippen molar-refractivity contribution < 1.29 is 72.0 Å². The average molecular weight is 1350 g/mol. The molecule has 20 N–H and O–H groups in total. The van der Waals surface area contributed by atoms with E-state index in [-0.39, 0.29) is 158 Å². The van der Waals surface area contributed by atoms with E-state index in [1.54, 1.807) is 24.4 Å². The molecule has 0 saturated carbocycles. The molecule has 0 spiro atoms. The van der Waals surface area contributed by atoms with Gasteiger partial charge in [-0.2, -0.15) is 0 Å². The van der Waals surface area contributed by atoms with Gasteiger partial charge in [0.1, 0.15) is 34.8 Å². The fraction of sp³-hybridized carbons (Fsp3) is 0.338. The molecule has 0 unspecified atom stereocenters. The first-order valence-corrected chi connectivity index (χ1v) is 31.1. The van der Waals surface area contributed by atoms with Crippen LogP contribution in [0.2, 0.25) is 0 Å². The molecule has 4 atom stereocenters. The van der Waals surface area contributed by atoms with E-state index in [1.807, 2.05) is 24.3 Å². The molecule has 0 radical (unpaired) electrons. The van der Waals surface area contributed by atoms with Crippen LogP contribution in [0.15, 0.2) is 103 Å². The molecule has 0 bridgehead atoms. The number of ether oxygens (including phenoxy) is 4. The van der Waals surface area contributed by atoms with Gasteiger partial charge in [-0.25, -0.2) is 4.79 Å². The number of carboxylic acid groups (broad SMARTS) is 1. The van der Waals surface area contributed by atoms with Crippen LogP contribution in [0.1, 0.15) is 115 Å². The number of guanidine groups is 3. The Labute approximate surface area is 564 Å². The number of fused-ring (bicyclic) bond motifs is 1. The Morgan fingerprint density at radius 2 is 0.827 bits per heavy atom. The molecular weight excluding hydrogens is 1270 g/mol. The first-order valence-electron chi connectivity index (χ1n) is 31.1. The van der Waals surface area contributed by atoms with Crippen LogP contribution < -0.4 is 79.1 Å². The normalized spacial score (nSPS) is 12.0. The Kier molecular flexibility index (Phi) is 28.2. The van der Waals surface area contributed by atoms with Crippen molar-refractivity contribution in [2.24, 2.45) is 22.9 Å². The van der Waals surface area contributed by atoms with Gasteiger partial charge in [0.05, 0.1) is 61.7 Å². The monoisotopic (exact) mass is 1350 g/mol. The molecule has 6 rings (SSSR count).